The number of aromatic nitrogens is 2. The van der Waals surface area contributed by atoms with Crippen LogP contribution < -0.4 is 4.90 Å². The molecule has 0 atom stereocenters. The van der Waals surface area contributed by atoms with Crippen LogP contribution in [-0.4, -0.2) is 9.97 Å². The summed E-state index contributed by atoms with van der Waals surface area (Å²) < 4.78 is 12.1. The van der Waals surface area contributed by atoms with Crippen molar-refractivity contribution in [1.29, 1.82) is 0 Å². The minimum atomic E-state index is 0.622. The third-order valence-corrected chi connectivity index (χ3v) is 11.9. The Morgan fingerprint density at radius 3 is 1.13 bits per heavy atom. The topological polar surface area (TPSA) is 55.3 Å². The molecule has 12 rings (SSSR count). The summed E-state index contributed by atoms with van der Waals surface area (Å²) in [7, 11) is 0. The van der Waals surface area contributed by atoms with Crippen molar-refractivity contribution in [1.82, 2.24) is 9.97 Å². The Labute approximate surface area is 363 Å². The molecule has 10 aromatic carbocycles. The van der Waals surface area contributed by atoms with Crippen LogP contribution in [0, 0.1) is 0 Å². The average Bonchev–Trinajstić information content (AvgIpc) is 4.00. The fourth-order valence-electron chi connectivity index (χ4n) is 8.58. The van der Waals surface area contributed by atoms with Crippen LogP contribution in [0.4, 0.5) is 17.1 Å². The highest BCUT2D eigenvalue weighted by molar-refractivity contribution is 5.94. The standard InChI is InChI=1S/C58H37N3O2/c1-2-8-45-35-46(22-17-38(45)7-1)47-23-24-49-37-52(34-29-48(49)36-47)61(50-30-25-41(26-31-50)39-13-18-43(19-14-39)57-59-53-9-3-5-11-55(53)62-57)51-32-27-42(28-33-51)40-15-20-44(21-16-40)58-60-54-10-4-6-12-56(54)63-58/h1-37H. The fraction of sp³-hybridized carbons (Fsp3) is 0. The van der Waals surface area contributed by atoms with Crippen molar-refractivity contribution in [2.45, 2.75) is 0 Å². The number of benzene rings is 10. The summed E-state index contributed by atoms with van der Waals surface area (Å²) in [6.45, 7) is 0. The Morgan fingerprint density at radius 2 is 0.619 bits per heavy atom. The van der Waals surface area contributed by atoms with Gasteiger partial charge in [-0.2, -0.15) is 0 Å². The number of anilines is 3. The number of rotatable bonds is 8. The number of hydrogen-bond donors (Lipinski definition) is 0. The van der Waals surface area contributed by atoms with Crippen LogP contribution in [0.5, 0.6) is 0 Å². The molecular weight excluding hydrogens is 771 g/mol. The molecule has 0 spiro atoms. The number of nitrogens with zero attached hydrogens (tertiary/aromatic N) is 3. The third kappa shape index (κ3) is 6.88. The summed E-state index contributed by atoms with van der Waals surface area (Å²) in [5.41, 5.74) is 15.3. The second-order valence-corrected chi connectivity index (χ2v) is 15.9. The summed E-state index contributed by atoms with van der Waals surface area (Å²) in [6.07, 6.45) is 0. The minimum absolute atomic E-state index is 0.622. The van der Waals surface area contributed by atoms with E-state index >= 15 is 0 Å². The molecule has 5 nitrogen and oxygen atoms in total. The van der Waals surface area contributed by atoms with Gasteiger partial charge in [0, 0.05) is 28.2 Å². The van der Waals surface area contributed by atoms with E-state index in [0.717, 1.165) is 72.6 Å². The zero-order valence-electron chi connectivity index (χ0n) is 34.0. The lowest BCUT2D eigenvalue weighted by Crippen LogP contribution is -2.09. The molecule has 0 unspecified atom stereocenters. The van der Waals surface area contributed by atoms with Gasteiger partial charge in [-0.25, -0.2) is 9.97 Å². The molecule has 5 heteroatoms. The van der Waals surface area contributed by atoms with Gasteiger partial charge in [0.25, 0.3) is 0 Å². The van der Waals surface area contributed by atoms with E-state index in [-0.39, 0.29) is 0 Å². The van der Waals surface area contributed by atoms with Crippen LogP contribution in [-0.2, 0) is 0 Å². The van der Waals surface area contributed by atoms with Crippen molar-refractivity contribution in [3.63, 3.8) is 0 Å². The lowest BCUT2D eigenvalue weighted by molar-refractivity contribution is 0.619. The maximum absolute atomic E-state index is 6.03. The van der Waals surface area contributed by atoms with Crippen LogP contribution in [0.3, 0.4) is 0 Å². The normalized spacial score (nSPS) is 11.5. The van der Waals surface area contributed by atoms with Gasteiger partial charge in [-0.05, 0) is 152 Å². The largest absolute Gasteiger partial charge is 0.436 e. The molecule has 0 bridgehead atoms. The molecule has 0 amide bonds. The van der Waals surface area contributed by atoms with Crippen LogP contribution in [0.15, 0.2) is 233 Å². The highest BCUT2D eigenvalue weighted by atomic mass is 16.4. The first kappa shape index (κ1) is 36.3. The molecule has 0 saturated carbocycles. The molecule has 2 aromatic heterocycles. The van der Waals surface area contributed by atoms with Crippen molar-refractivity contribution >= 4 is 60.8 Å². The highest BCUT2D eigenvalue weighted by Crippen LogP contribution is 2.39. The first-order chi connectivity index (χ1) is 31.1. The summed E-state index contributed by atoms with van der Waals surface area (Å²) >= 11 is 0. The molecule has 0 aliphatic heterocycles. The maximum atomic E-state index is 6.03. The van der Waals surface area contributed by atoms with E-state index in [4.69, 9.17) is 8.83 Å². The Morgan fingerprint density at radius 1 is 0.270 bits per heavy atom. The predicted octanol–water partition coefficient (Wildman–Crippen LogP) is 16.1. The quantitative estimate of drug-likeness (QED) is 0.153. The van der Waals surface area contributed by atoms with Crippen molar-refractivity contribution in [2.75, 3.05) is 4.90 Å². The predicted molar refractivity (Wildman–Crippen MR) is 258 cm³/mol. The molecular formula is C58H37N3O2. The van der Waals surface area contributed by atoms with E-state index in [1.807, 2.05) is 48.5 Å². The van der Waals surface area contributed by atoms with Gasteiger partial charge in [0.15, 0.2) is 11.2 Å². The Kier molecular flexibility index (Phi) is 8.75. The average molecular weight is 808 g/mol. The Hall–Kier alpha value is -8.54. The van der Waals surface area contributed by atoms with Crippen molar-refractivity contribution < 1.29 is 8.83 Å². The zero-order valence-corrected chi connectivity index (χ0v) is 34.0. The molecule has 0 N–H and O–H groups in total. The van der Waals surface area contributed by atoms with E-state index in [1.54, 1.807) is 0 Å². The first-order valence-electron chi connectivity index (χ1n) is 21.1. The van der Waals surface area contributed by atoms with E-state index in [1.165, 1.54) is 32.7 Å². The summed E-state index contributed by atoms with van der Waals surface area (Å²) in [5.74, 6) is 1.24. The van der Waals surface area contributed by atoms with Crippen LogP contribution in [0.2, 0.25) is 0 Å². The fourth-order valence-corrected chi connectivity index (χ4v) is 8.58. The summed E-state index contributed by atoms with van der Waals surface area (Å²) in [6, 6.07) is 78.9. The van der Waals surface area contributed by atoms with Crippen LogP contribution in [0.25, 0.3) is 100 Å². The van der Waals surface area contributed by atoms with Crippen molar-refractivity contribution in [3.8, 4) is 56.3 Å². The molecule has 2 heterocycles. The van der Waals surface area contributed by atoms with Gasteiger partial charge in [0.1, 0.15) is 11.0 Å². The molecule has 296 valence electrons. The van der Waals surface area contributed by atoms with E-state index < -0.39 is 0 Å². The van der Waals surface area contributed by atoms with E-state index in [2.05, 4.69) is 191 Å². The molecule has 63 heavy (non-hydrogen) atoms. The van der Waals surface area contributed by atoms with Crippen molar-refractivity contribution in [2.24, 2.45) is 0 Å². The van der Waals surface area contributed by atoms with Crippen LogP contribution >= 0.6 is 0 Å². The van der Waals surface area contributed by atoms with Gasteiger partial charge in [-0.3, -0.25) is 0 Å². The SMILES string of the molecule is c1ccc2cc(-c3ccc4cc(N(c5ccc(-c6ccc(-c7nc8ccccc8o7)cc6)cc5)c5ccc(-c6ccc(-c7nc8ccccc8o7)cc6)cc5)ccc4c3)ccc2c1. The van der Waals surface area contributed by atoms with Gasteiger partial charge in [0.05, 0.1) is 0 Å². The number of fused-ring (bicyclic) bond motifs is 4. The van der Waals surface area contributed by atoms with Gasteiger partial charge in [-0.15, -0.1) is 0 Å². The van der Waals surface area contributed by atoms with Gasteiger partial charge < -0.3 is 13.7 Å². The van der Waals surface area contributed by atoms with Gasteiger partial charge in [0.2, 0.25) is 11.8 Å². The molecule has 0 aliphatic rings. The minimum Gasteiger partial charge on any atom is -0.436 e. The number of para-hydroxylation sites is 4. The lowest BCUT2D eigenvalue weighted by atomic mass is 9.98. The van der Waals surface area contributed by atoms with Crippen molar-refractivity contribution in [3.05, 3.63) is 224 Å². The van der Waals surface area contributed by atoms with Gasteiger partial charge >= 0.3 is 0 Å². The van der Waals surface area contributed by atoms with Crippen LogP contribution in [0.1, 0.15) is 0 Å². The van der Waals surface area contributed by atoms with E-state index in [9.17, 15) is 0 Å². The van der Waals surface area contributed by atoms with E-state index in [0.29, 0.717) is 11.8 Å². The Bertz CT molecular complexity index is 3380. The summed E-state index contributed by atoms with van der Waals surface area (Å²) in [4.78, 5) is 11.7. The lowest BCUT2D eigenvalue weighted by Gasteiger charge is -2.26. The highest BCUT2D eigenvalue weighted by Gasteiger charge is 2.16. The number of oxazole rings is 2. The molecule has 0 fully saturated rings. The monoisotopic (exact) mass is 807 g/mol. The third-order valence-electron chi connectivity index (χ3n) is 11.9. The molecule has 0 saturated heterocycles. The Balaban J connectivity index is 0.869. The molecule has 0 radical (unpaired) electrons. The molecule has 12 aromatic rings. The van der Waals surface area contributed by atoms with Gasteiger partial charge in [-0.1, -0.05) is 127 Å². The number of hydrogen-bond acceptors (Lipinski definition) is 5. The smallest absolute Gasteiger partial charge is 0.227 e. The molecule has 0 aliphatic carbocycles. The zero-order chi connectivity index (χ0) is 41.7. The first-order valence-corrected chi connectivity index (χ1v) is 21.1. The maximum Gasteiger partial charge on any atom is 0.227 e. The second kappa shape index (κ2) is 15.2. The summed E-state index contributed by atoms with van der Waals surface area (Å²) in [5, 5.41) is 4.86. The second-order valence-electron chi connectivity index (χ2n) is 15.9.